The third kappa shape index (κ3) is 14.7. The molecule has 0 fully saturated rings. The summed E-state index contributed by atoms with van der Waals surface area (Å²) in [6, 6.07) is 9.03. The fraction of sp³-hybridized carbons (Fsp3) is 0.692. The first-order valence-electron chi connectivity index (χ1n) is 12.1. The number of carbonyl (C=O) groups is 2. The smallest absolute Gasteiger partial charge is 0.328 e. The Kier molecular flexibility index (Phi) is 15.6. The molecule has 0 aliphatic carbocycles. The van der Waals surface area contributed by atoms with Crippen LogP contribution in [0.2, 0.25) is 0 Å². The predicted molar refractivity (Wildman–Crippen MR) is 126 cm³/mol. The number of hydrogen-bond acceptors (Lipinski definition) is 4. The molecule has 0 saturated carbocycles. The summed E-state index contributed by atoms with van der Waals surface area (Å²) in [5.41, 5.74) is 0.998. The number of unbranched alkanes of at least 4 members (excludes halogenated alkanes) is 10. The lowest BCUT2D eigenvalue weighted by Gasteiger charge is -2.16. The Bertz CT molecular complexity index is 588. The minimum Gasteiger partial charge on any atom is -0.467 e. The van der Waals surface area contributed by atoms with Crippen molar-refractivity contribution in [2.24, 2.45) is 0 Å². The van der Waals surface area contributed by atoms with Crippen molar-refractivity contribution in [2.75, 3.05) is 7.11 Å². The number of methoxy groups -OCH3 is 1. The summed E-state index contributed by atoms with van der Waals surface area (Å²) in [4.78, 5) is 24.3. The molecule has 2 atom stereocenters. The molecule has 2 N–H and O–H groups in total. The maximum Gasteiger partial charge on any atom is 0.328 e. The largest absolute Gasteiger partial charge is 0.467 e. The molecule has 5 nitrogen and oxygen atoms in total. The molecule has 1 amide bonds. The summed E-state index contributed by atoms with van der Waals surface area (Å²) in [6.45, 7) is 1.86. The maximum absolute atomic E-state index is 12.3. The first-order chi connectivity index (χ1) is 15.0. The van der Waals surface area contributed by atoms with Gasteiger partial charge in [-0.05, 0) is 25.3 Å². The van der Waals surface area contributed by atoms with Crippen molar-refractivity contribution in [1.82, 2.24) is 5.32 Å². The molecule has 1 aromatic carbocycles. The molecular weight excluding hydrogens is 390 g/mol. The van der Waals surface area contributed by atoms with E-state index in [0.717, 1.165) is 37.7 Å². The van der Waals surface area contributed by atoms with Gasteiger partial charge in [0.25, 0.3) is 0 Å². The zero-order valence-electron chi connectivity index (χ0n) is 19.6. The first-order valence-corrected chi connectivity index (χ1v) is 12.1. The van der Waals surface area contributed by atoms with Crippen LogP contribution in [0.4, 0.5) is 0 Å². The quantitative estimate of drug-likeness (QED) is 0.242. The molecule has 1 rings (SSSR count). The molecule has 176 valence electrons. The minimum atomic E-state index is -0.632. The van der Waals surface area contributed by atoms with Crippen LogP contribution in [0.15, 0.2) is 30.3 Å². The number of benzene rings is 1. The third-order valence-electron chi connectivity index (χ3n) is 5.63. The van der Waals surface area contributed by atoms with Crippen LogP contribution in [0, 0.1) is 0 Å². The second kappa shape index (κ2) is 17.8. The second-order valence-electron chi connectivity index (χ2n) is 8.61. The highest BCUT2D eigenvalue weighted by Gasteiger charge is 2.21. The van der Waals surface area contributed by atoms with Crippen LogP contribution in [0.5, 0.6) is 0 Å². The van der Waals surface area contributed by atoms with E-state index in [1.54, 1.807) is 0 Å². The molecule has 0 heterocycles. The van der Waals surface area contributed by atoms with Crippen molar-refractivity contribution in [3.05, 3.63) is 35.9 Å². The zero-order valence-corrected chi connectivity index (χ0v) is 19.6. The summed E-state index contributed by atoms with van der Waals surface area (Å²) < 4.78 is 4.85. The Morgan fingerprint density at radius 1 is 0.871 bits per heavy atom. The van der Waals surface area contributed by atoms with Gasteiger partial charge < -0.3 is 15.2 Å². The lowest BCUT2D eigenvalue weighted by atomic mass is 10.0. The van der Waals surface area contributed by atoms with E-state index >= 15 is 0 Å². The van der Waals surface area contributed by atoms with Crippen molar-refractivity contribution >= 4 is 11.9 Å². The van der Waals surface area contributed by atoms with E-state index < -0.39 is 12.0 Å². The van der Waals surface area contributed by atoms with Crippen LogP contribution in [0.3, 0.4) is 0 Å². The monoisotopic (exact) mass is 433 g/mol. The van der Waals surface area contributed by atoms with E-state index in [4.69, 9.17) is 4.74 Å². The topological polar surface area (TPSA) is 75.6 Å². The predicted octanol–water partition coefficient (Wildman–Crippen LogP) is 5.34. The summed E-state index contributed by atoms with van der Waals surface area (Å²) >= 11 is 0. The lowest BCUT2D eigenvalue weighted by Crippen LogP contribution is -2.43. The van der Waals surface area contributed by atoms with E-state index in [1.165, 1.54) is 52.1 Å². The second-order valence-corrected chi connectivity index (χ2v) is 8.61. The number of carbonyl (C=O) groups excluding carboxylic acids is 2. The normalized spacial score (nSPS) is 12.9. The van der Waals surface area contributed by atoms with Gasteiger partial charge in [0.15, 0.2) is 0 Å². The van der Waals surface area contributed by atoms with Gasteiger partial charge in [0.05, 0.1) is 13.2 Å². The van der Waals surface area contributed by atoms with Gasteiger partial charge >= 0.3 is 5.97 Å². The SMILES string of the molecule is COC(=O)[C@H](Cc1ccccc1)NC(=O)CCCCCCCCCCCCCC(C)O. The number of ether oxygens (including phenoxy) is 1. The molecule has 0 radical (unpaired) electrons. The molecule has 0 aliphatic rings. The molecule has 5 heteroatoms. The van der Waals surface area contributed by atoms with Gasteiger partial charge in [0.2, 0.25) is 5.91 Å². The van der Waals surface area contributed by atoms with E-state index in [1.807, 2.05) is 37.3 Å². The van der Waals surface area contributed by atoms with Crippen LogP contribution in [-0.4, -0.2) is 36.2 Å². The van der Waals surface area contributed by atoms with Crippen molar-refractivity contribution in [2.45, 2.75) is 109 Å². The highest BCUT2D eigenvalue weighted by atomic mass is 16.5. The summed E-state index contributed by atoms with van der Waals surface area (Å²) in [6.07, 6.45) is 14.7. The van der Waals surface area contributed by atoms with Crippen molar-refractivity contribution in [3.8, 4) is 0 Å². The van der Waals surface area contributed by atoms with Crippen LogP contribution >= 0.6 is 0 Å². The Morgan fingerprint density at radius 3 is 1.90 bits per heavy atom. The number of rotatable bonds is 18. The Morgan fingerprint density at radius 2 is 1.39 bits per heavy atom. The number of aliphatic hydroxyl groups is 1. The molecular formula is C26H43NO4. The van der Waals surface area contributed by atoms with Gasteiger partial charge in [0, 0.05) is 12.8 Å². The Balaban J connectivity index is 2.04. The van der Waals surface area contributed by atoms with Gasteiger partial charge in [-0.1, -0.05) is 94.5 Å². The number of amides is 1. The van der Waals surface area contributed by atoms with Gasteiger partial charge in [0.1, 0.15) is 6.04 Å². The lowest BCUT2D eigenvalue weighted by molar-refractivity contribution is -0.145. The molecule has 0 bridgehead atoms. The highest BCUT2D eigenvalue weighted by molar-refractivity contribution is 5.84. The van der Waals surface area contributed by atoms with Crippen molar-refractivity contribution in [1.29, 1.82) is 0 Å². The van der Waals surface area contributed by atoms with Gasteiger partial charge in [-0.25, -0.2) is 4.79 Å². The minimum absolute atomic E-state index is 0.0816. The standard InChI is InChI=1S/C26H43NO4/c1-22(28)17-13-10-8-6-4-3-5-7-9-11-16-20-25(29)27-24(26(30)31-2)21-23-18-14-12-15-19-23/h12,14-15,18-19,22,24,28H,3-11,13,16-17,20-21H2,1-2H3,(H,27,29)/t22?,24-/m0/s1. The number of esters is 1. The van der Waals surface area contributed by atoms with E-state index in [2.05, 4.69) is 5.32 Å². The molecule has 0 aliphatic heterocycles. The number of aliphatic hydroxyl groups excluding tert-OH is 1. The van der Waals surface area contributed by atoms with Crippen molar-refractivity contribution in [3.63, 3.8) is 0 Å². The van der Waals surface area contributed by atoms with E-state index in [0.29, 0.717) is 12.8 Å². The number of hydrogen-bond donors (Lipinski definition) is 2. The van der Waals surface area contributed by atoms with Crippen LogP contribution in [-0.2, 0) is 20.7 Å². The average molecular weight is 434 g/mol. The van der Waals surface area contributed by atoms with Crippen LogP contribution in [0.25, 0.3) is 0 Å². The van der Waals surface area contributed by atoms with Crippen LogP contribution in [0.1, 0.15) is 96.0 Å². The highest BCUT2D eigenvalue weighted by Crippen LogP contribution is 2.13. The summed E-state index contributed by atoms with van der Waals surface area (Å²) in [5, 5.41) is 12.1. The van der Waals surface area contributed by atoms with Crippen LogP contribution < -0.4 is 5.32 Å². The van der Waals surface area contributed by atoms with Gasteiger partial charge in [-0.15, -0.1) is 0 Å². The maximum atomic E-state index is 12.3. The number of nitrogens with one attached hydrogen (secondary N) is 1. The zero-order chi connectivity index (χ0) is 22.7. The molecule has 31 heavy (non-hydrogen) atoms. The van der Waals surface area contributed by atoms with Gasteiger partial charge in [-0.3, -0.25) is 4.79 Å². The van der Waals surface area contributed by atoms with Crippen molar-refractivity contribution < 1.29 is 19.4 Å². The summed E-state index contributed by atoms with van der Waals surface area (Å²) in [5.74, 6) is -0.484. The summed E-state index contributed by atoms with van der Waals surface area (Å²) in [7, 11) is 1.35. The third-order valence-corrected chi connectivity index (χ3v) is 5.63. The molecule has 0 saturated heterocycles. The first kappa shape index (κ1) is 27.2. The Labute approximate surface area is 189 Å². The van der Waals surface area contributed by atoms with Gasteiger partial charge in [-0.2, -0.15) is 0 Å². The Hall–Kier alpha value is -1.88. The molecule has 0 aromatic heterocycles. The molecule has 0 spiro atoms. The molecule has 1 unspecified atom stereocenters. The van der Waals surface area contributed by atoms with E-state index in [-0.39, 0.29) is 12.0 Å². The molecule has 1 aromatic rings. The fourth-order valence-corrected chi connectivity index (χ4v) is 3.77. The average Bonchev–Trinajstić information content (AvgIpc) is 2.76. The van der Waals surface area contributed by atoms with E-state index in [9.17, 15) is 14.7 Å². The fourth-order valence-electron chi connectivity index (χ4n) is 3.77.